The highest BCUT2D eigenvalue weighted by Gasteiger charge is 2.33. The standard InChI is InChI=1S/C21H21F3N8O3/c22-15-9-32(18(34)10-33)4-3-17(15)35-16-2-1-12(5-13(16)6-25)19-28-11-29-21(31-19)30-14(7-26)8-27-20(23)24/h1-2,5,7-8,11,15,17,20,33H,3-4,9-10,26H2,(H,28,29,30,31)/t15-,17+/m1/s1. The molecule has 1 aliphatic rings. The number of nitriles is 1. The average Bonchev–Trinajstić information content (AvgIpc) is 2.87. The van der Waals surface area contributed by atoms with E-state index in [-0.39, 0.29) is 48.3 Å². The van der Waals surface area contributed by atoms with E-state index in [1.807, 2.05) is 6.07 Å². The summed E-state index contributed by atoms with van der Waals surface area (Å²) in [6, 6.07) is 6.47. The van der Waals surface area contributed by atoms with Crippen molar-refractivity contribution in [2.45, 2.75) is 25.2 Å². The fraction of sp³-hybridized carbons (Fsp3) is 0.333. The van der Waals surface area contributed by atoms with E-state index in [0.29, 0.717) is 5.56 Å². The summed E-state index contributed by atoms with van der Waals surface area (Å²) in [7, 11) is 0. The van der Waals surface area contributed by atoms with Crippen molar-refractivity contribution in [2.75, 3.05) is 25.0 Å². The number of hydrogen-bond acceptors (Lipinski definition) is 10. The van der Waals surface area contributed by atoms with Crippen molar-refractivity contribution < 1.29 is 27.8 Å². The minimum Gasteiger partial charge on any atom is -0.486 e. The Morgan fingerprint density at radius 3 is 2.91 bits per heavy atom. The van der Waals surface area contributed by atoms with Crippen molar-refractivity contribution in [3.63, 3.8) is 0 Å². The minimum absolute atomic E-state index is 0.00397. The van der Waals surface area contributed by atoms with Crippen molar-refractivity contribution in [3.05, 3.63) is 42.0 Å². The summed E-state index contributed by atoms with van der Waals surface area (Å²) < 4.78 is 44.8. The first-order chi connectivity index (χ1) is 16.8. The van der Waals surface area contributed by atoms with Crippen LogP contribution >= 0.6 is 0 Å². The lowest BCUT2D eigenvalue weighted by atomic mass is 10.0. The molecule has 0 bridgehead atoms. The number of alkyl halides is 3. The van der Waals surface area contributed by atoms with Gasteiger partial charge in [0.15, 0.2) is 12.0 Å². The summed E-state index contributed by atoms with van der Waals surface area (Å²) in [4.78, 5) is 27.8. The molecule has 0 aliphatic carbocycles. The number of aliphatic hydroxyl groups is 1. The van der Waals surface area contributed by atoms with Crippen LogP contribution in [0.4, 0.5) is 19.1 Å². The fourth-order valence-electron chi connectivity index (χ4n) is 3.24. The highest BCUT2D eigenvalue weighted by Crippen LogP contribution is 2.28. The number of carbonyl (C=O) groups excluding carboxylic acids is 1. The molecule has 1 aromatic carbocycles. The molecule has 1 amide bonds. The van der Waals surface area contributed by atoms with Gasteiger partial charge in [0.1, 0.15) is 30.9 Å². The molecule has 2 heterocycles. The maximum absolute atomic E-state index is 14.6. The monoisotopic (exact) mass is 490 g/mol. The number of allylic oxidation sites excluding steroid dienone is 1. The molecule has 0 radical (unpaired) electrons. The molecular weight excluding hydrogens is 469 g/mol. The lowest BCUT2D eigenvalue weighted by Gasteiger charge is -2.34. The predicted molar refractivity (Wildman–Crippen MR) is 118 cm³/mol. The van der Waals surface area contributed by atoms with Gasteiger partial charge < -0.3 is 25.8 Å². The van der Waals surface area contributed by atoms with E-state index in [9.17, 15) is 23.2 Å². The molecule has 1 saturated heterocycles. The predicted octanol–water partition coefficient (Wildman–Crippen LogP) is 1.23. The molecule has 1 fully saturated rings. The quantitative estimate of drug-likeness (QED) is 0.365. The van der Waals surface area contributed by atoms with Crippen LogP contribution in [-0.4, -0.2) is 75.6 Å². The van der Waals surface area contributed by atoms with Crippen molar-refractivity contribution in [2.24, 2.45) is 10.7 Å². The molecule has 2 atom stereocenters. The summed E-state index contributed by atoms with van der Waals surface area (Å²) in [6.07, 6.45) is 0.831. The molecule has 35 heavy (non-hydrogen) atoms. The number of aliphatic imine (C=N–C) groups is 1. The zero-order chi connectivity index (χ0) is 25.4. The highest BCUT2D eigenvalue weighted by molar-refractivity contribution is 5.82. The zero-order valence-electron chi connectivity index (χ0n) is 18.2. The number of nitrogens with one attached hydrogen (secondary N) is 1. The smallest absolute Gasteiger partial charge is 0.331 e. The largest absolute Gasteiger partial charge is 0.486 e. The average molecular weight is 490 g/mol. The number of benzene rings is 1. The number of halogens is 3. The van der Waals surface area contributed by atoms with Gasteiger partial charge in [-0.25, -0.2) is 19.4 Å². The molecule has 14 heteroatoms. The first-order valence-electron chi connectivity index (χ1n) is 10.3. The maximum Gasteiger partial charge on any atom is 0.331 e. The van der Waals surface area contributed by atoms with E-state index in [4.69, 9.17) is 15.6 Å². The first-order valence-corrected chi connectivity index (χ1v) is 10.3. The van der Waals surface area contributed by atoms with Gasteiger partial charge in [-0.1, -0.05) is 0 Å². The number of carbonyl (C=O) groups is 1. The van der Waals surface area contributed by atoms with E-state index < -0.39 is 31.3 Å². The van der Waals surface area contributed by atoms with Gasteiger partial charge >= 0.3 is 6.55 Å². The van der Waals surface area contributed by atoms with E-state index in [1.54, 1.807) is 6.07 Å². The molecule has 0 unspecified atom stereocenters. The Hall–Kier alpha value is -4.25. The zero-order valence-corrected chi connectivity index (χ0v) is 18.2. The Labute approximate surface area is 197 Å². The van der Waals surface area contributed by atoms with E-state index in [2.05, 4.69) is 25.3 Å². The van der Waals surface area contributed by atoms with Crippen LogP contribution in [0.5, 0.6) is 5.75 Å². The summed E-state index contributed by atoms with van der Waals surface area (Å²) in [5, 5.41) is 21.1. The summed E-state index contributed by atoms with van der Waals surface area (Å²) >= 11 is 0. The molecule has 11 nitrogen and oxygen atoms in total. The van der Waals surface area contributed by atoms with Gasteiger partial charge in [-0.15, -0.1) is 0 Å². The van der Waals surface area contributed by atoms with Crippen LogP contribution in [0.15, 0.2) is 41.4 Å². The second-order valence-electron chi connectivity index (χ2n) is 7.22. The second-order valence-corrected chi connectivity index (χ2v) is 7.22. The third-order valence-electron chi connectivity index (χ3n) is 4.94. The number of nitrogens with two attached hydrogens (primary N) is 1. The van der Waals surface area contributed by atoms with Crippen LogP contribution < -0.4 is 15.8 Å². The van der Waals surface area contributed by atoms with Gasteiger partial charge in [-0.2, -0.15) is 19.0 Å². The Balaban J connectivity index is 1.75. The molecular formula is C21H21F3N8O3. The third kappa shape index (κ3) is 6.64. The Bertz CT molecular complexity index is 1150. The molecule has 3 rings (SSSR count). The number of likely N-dealkylation sites (tertiary alicyclic amines) is 1. The number of rotatable bonds is 8. The van der Waals surface area contributed by atoms with Gasteiger partial charge in [0.2, 0.25) is 11.9 Å². The molecule has 0 spiro atoms. The minimum atomic E-state index is -2.91. The van der Waals surface area contributed by atoms with Crippen LogP contribution in [0.2, 0.25) is 0 Å². The van der Waals surface area contributed by atoms with E-state index >= 15 is 0 Å². The van der Waals surface area contributed by atoms with Crippen LogP contribution in [0.3, 0.4) is 0 Å². The van der Waals surface area contributed by atoms with Gasteiger partial charge in [0.25, 0.3) is 0 Å². The van der Waals surface area contributed by atoms with Crippen LogP contribution in [0, 0.1) is 11.3 Å². The van der Waals surface area contributed by atoms with E-state index in [0.717, 1.165) is 12.4 Å². The third-order valence-corrected chi connectivity index (χ3v) is 4.94. The normalized spacial score (nSPS) is 18.5. The molecule has 1 aromatic heterocycles. The second kappa shape index (κ2) is 11.7. The fourth-order valence-corrected chi connectivity index (χ4v) is 3.24. The van der Waals surface area contributed by atoms with Gasteiger partial charge in [0, 0.05) is 24.7 Å². The highest BCUT2D eigenvalue weighted by atomic mass is 19.3. The van der Waals surface area contributed by atoms with Crippen molar-refractivity contribution in [1.29, 1.82) is 5.26 Å². The van der Waals surface area contributed by atoms with Gasteiger partial charge in [0.05, 0.1) is 24.0 Å². The lowest BCUT2D eigenvalue weighted by molar-refractivity contribution is -0.138. The lowest BCUT2D eigenvalue weighted by Crippen LogP contribution is -2.50. The molecule has 2 aromatic rings. The Kier molecular flexibility index (Phi) is 8.52. The van der Waals surface area contributed by atoms with Gasteiger partial charge in [-0.05, 0) is 18.2 Å². The Morgan fingerprint density at radius 1 is 1.46 bits per heavy atom. The number of aromatic nitrogens is 3. The number of ether oxygens (including phenoxy) is 1. The SMILES string of the molecule is N#Cc1cc(-c2ncnc(NC(C=NC(F)F)=CN)n2)ccc1O[C@H]1CCN(C(=O)CO)C[C@H]1F. The van der Waals surface area contributed by atoms with Crippen LogP contribution in [0.1, 0.15) is 12.0 Å². The van der Waals surface area contributed by atoms with Crippen molar-refractivity contribution in [3.8, 4) is 23.2 Å². The summed E-state index contributed by atoms with van der Waals surface area (Å²) in [5.74, 6) is -0.257. The maximum atomic E-state index is 14.6. The number of amides is 1. The van der Waals surface area contributed by atoms with Crippen molar-refractivity contribution >= 4 is 18.1 Å². The van der Waals surface area contributed by atoms with E-state index in [1.165, 1.54) is 23.4 Å². The van der Waals surface area contributed by atoms with Gasteiger partial charge in [-0.3, -0.25) is 4.79 Å². The first kappa shape index (κ1) is 25.4. The Morgan fingerprint density at radius 2 is 2.26 bits per heavy atom. The molecule has 4 N–H and O–H groups in total. The molecule has 0 saturated carbocycles. The summed E-state index contributed by atoms with van der Waals surface area (Å²) in [6.45, 7) is -3.60. The van der Waals surface area contributed by atoms with Crippen LogP contribution in [-0.2, 0) is 4.79 Å². The topological polar surface area (TPSA) is 163 Å². The number of hydrogen-bond donors (Lipinski definition) is 3. The van der Waals surface area contributed by atoms with Crippen LogP contribution in [0.25, 0.3) is 11.4 Å². The number of piperidine rings is 1. The number of anilines is 1. The molecule has 184 valence electrons. The molecule has 1 aliphatic heterocycles. The number of aliphatic hydroxyl groups excluding tert-OH is 1. The summed E-state index contributed by atoms with van der Waals surface area (Å²) in [5.41, 5.74) is 5.93. The number of nitrogens with zero attached hydrogens (tertiary/aromatic N) is 6. The van der Waals surface area contributed by atoms with Crippen molar-refractivity contribution in [1.82, 2.24) is 19.9 Å².